The molecule has 2 unspecified atom stereocenters. The minimum Gasteiger partial charge on any atom is -0.391 e. The third-order valence-electron chi connectivity index (χ3n) is 6.78. The summed E-state index contributed by atoms with van der Waals surface area (Å²) in [6, 6.07) is 4.61. The summed E-state index contributed by atoms with van der Waals surface area (Å²) in [5.74, 6) is -0.302. The molecule has 4 rings (SSSR count). The molecule has 2 aliphatic rings. The number of sulfonamides is 1. The second kappa shape index (κ2) is 11.3. The molecule has 2 aromatic rings. The zero-order valence-corrected chi connectivity index (χ0v) is 23.4. The molecule has 1 aliphatic heterocycles. The van der Waals surface area contributed by atoms with Crippen LogP contribution in [0.3, 0.4) is 0 Å². The highest BCUT2D eigenvalue weighted by Gasteiger charge is 2.45. The van der Waals surface area contributed by atoms with Gasteiger partial charge in [0.1, 0.15) is 17.0 Å². The zero-order chi connectivity index (χ0) is 27.7. The fourth-order valence-electron chi connectivity index (χ4n) is 4.69. The van der Waals surface area contributed by atoms with E-state index in [1.807, 2.05) is 27.0 Å². The third kappa shape index (κ3) is 6.53. The number of likely N-dealkylation sites (tertiary alicyclic amines) is 1. The van der Waals surface area contributed by atoms with E-state index in [1.54, 1.807) is 16.8 Å². The van der Waals surface area contributed by atoms with Gasteiger partial charge in [0.25, 0.3) is 0 Å². The van der Waals surface area contributed by atoms with Crippen molar-refractivity contribution in [1.29, 1.82) is 0 Å². The average Bonchev–Trinajstić information content (AvgIpc) is 3.44. The first-order chi connectivity index (χ1) is 17.9. The number of aliphatic hydroxyl groups is 1. The molecule has 13 heteroatoms. The van der Waals surface area contributed by atoms with Crippen molar-refractivity contribution < 1.29 is 23.1 Å². The largest absolute Gasteiger partial charge is 0.391 e. The summed E-state index contributed by atoms with van der Waals surface area (Å²) < 4.78 is 29.0. The highest BCUT2D eigenvalue weighted by atomic mass is 35.5. The summed E-state index contributed by atoms with van der Waals surface area (Å²) in [7, 11) is -3.78. The number of rotatable bonds is 10. The van der Waals surface area contributed by atoms with Gasteiger partial charge in [-0.1, -0.05) is 49.7 Å². The lowest BCUT2D eigenvalue weighted by Crippen LogP contribution is -2.50. The molecule has 38 heavy (non-hydrogen) atoms. The molecule has 1 aromatic carbocycles. The standard InChI is InChI=1S/C25H35ClN6O5S/c1-25(2,3)22(32-15-19(29-30-32)16-9-10-16)24(35)31-14-17(33)13-20(31)23(34)27-11-6-12-28-38(36,37)21-8-5-4-7-18(21)26/h4-5,7-8,15-17,20,22,28,33H,6,9-14H2,1-3H3,(H,27,34)/t17?,20?,22-/m1/s1. The molecule has 3 N–H and O–H groups in total. The van der Waals surface area contributed by atoms with Crippen molar-refractivity contribution in [3.63, 3.8) is 0 Å². The molecule has 11 nitrogen and oxygen atoms in total. The maximum absolute atomic E-state index is 13.8. The Kier molecular flexibility index (Phi) is 8.46. The number of carbonyl (C=O) groups excluding carboxylic acids is 2. The molecule has 208 valence electrons. The molecule has 1 aromatic heterocycles. The lowest BCUT2D eigenvalue weighted by molar-refractivity contribution is -0.144. The van der Waals surface area contributed by atoms with Crippen LogP contribution in [0.15, 0.2) is 35.4 Å². The molecule has 3 atom stereocenters. The summed E-state index contributed by atoms with van der Waals surface area (Å²) >= 11 is 5.98. The molecule has 1 aliphatic carbocycles. The van der Waals surface area contributed by atoms with Gasteiger partial charge in [-0.05, 0) is 36.8 Å². The maximum atomic E-state index is 13.8. The van der Waals surface area contributed by atoms with Crippen LogP contribution in [0, 0.1) is 5.41 Å². The number of nitrogens with zero attached hydrogens (tertiary/aromatic N) is 4. The van der Waals surface area contributed by atoms with Crippen molar-refractivity contribution in [2.24, 2.45) is 5.41 Å². The molecular weight excluding hydrogens is 532 g/mol. The molecule has 1 saturated heterocycles. The van der Waals surface area contributed by atoms with Crippen molar-refractivity contribution in [1.82, 2.24) is 29.9 Å². The number of carbonyl (C=O) groups is 2. The Morgan fingerprint density at radius 2 is 1.92 bits per heavy atom. The molecule has 0 radical (unpaired) electrons. The van der Waals surface area contributed by atoms with Gasteiger partial charge in [0.2, 0.25) is 21.8 Å². The van der Waals surface area contributed by atoms with Crippen molar-refractivity contribution in [2.75, 3.05) is 19.6 Å². The van der Waals surface area contributed by atoms with Crippen LogP contribution < -0.4 is 10.0 Å². The fourth-order valence-corrected chi connectivity index (χ4v) is 6.28. The number of halogens is 1. The SMILES string of the molecule is CC(C)(C)[C@@H](C(=O)N1CC(O)CC1C(=O)NCCCNS(=O)(=O)c1ccccc1Cl)n1cc(C2CC2)nn1. The van der Waals surface area contributed by atoms with E-state index < -0.39 is 39.5 Å². The van der Waals surface area contributed by atoms with Crippen LogP contribution in [0.1, 0.15) is 64.1 Å². The van der Waals surface area contributed by atoms with Gasteiger partial charge in [0, 0.05) is 38.2 Å². The van der Waals surface area contributed by atoms with Crippen LogP contribution in [0.5, 0.6) is 0 Å². The Balaban J connectivity index is 1.35. The molecule has 2 fully saturated rings. The number of aromatic nitrogens is 3. The van der Waals surface area contributed by atoms with E-state index in [0.29, 0.717) is 12.3 Å². The van der Waals surface area contributed by atoms with Crippen LogP contribution in [-0.4, -0.2) is 77.0 Å². The van der Waals surface area contributed by atoms with Gasteiger partial charge in [0.05, 0.1) is 16.8 Å². The van der Waals surface area contributed by atoms with E-state index in [0.717, 1.165) is 18.5 Å². The summed E-state index contributed by atoms with van der Waals surface area (Å²) in [6.07, 6.45) is 3.57. The van der Waals surface area contributed by atoms with Crippen LogP contribution >= 0.6 is 11.6 Å². The van der Waals surface area contributed by atoms with E-state index in [1.165, 1.54) is 17.0 Å². The Morgan fingerprint density at radius 1 is 1.21 bits per heavy atom. The first-order valence-corrected chi connectivity index (χ1v) is 14.7. The van der Waals surface area contributed by atoms with Gasteiger partial charge in [0.15, 0.2) is 0 Å². The Bertz CT molecular complexity index is 1270. The van der Waals surface area contributed by atoms with Crippen LogP contribution in [-0.2, 0) is 19.6 Å². The highest BCUT2D eigenvalue weighted by Crippen LogP contribution is 2.40. The summed E-state index contributed by atoms with van der Waals surface area (Å²) in [5.41, 5.74) is 0.354. The quantitative estimate of drug-likeness (QED) is 0.372. The molecule has 0 spiro atoms. The number of aliphatic hydroxyl groups excluding tert-OH is 1. The Hall–Kier alpha value is -2.54. The highest BCUT2D eigenvalue weighted by molar-refractivity contribution is 7.89. The second-order valence-electron chi connectivity index (χ2n) is 11.0. The minimum absolute atomic E-state index is 0.00941. The van der Waals surface area contributed by atoms with Gasteiger partial charge in [-0.15, -0.1) is 5.10 Å². The third-order valence-corrected chi connectivity index (χ3v) is 8.74. The number of hydrogen-bond donors (Lipinski definition) is 3. The predicted molar refractivity (Wildman–Crippen MR) is 141 cm³/mol. The van der Waals surface area contributed by atoms with Gasteiger partial charge in [-0.25, -0.2) is 17.8 Å². The van der Waals surface area contributed by atoms with E-state index in [4.69, 9.17) is 11.6 Å². The van der Waals surface area contributed by atoms with E-state index in [9.17, 15) is 23.1 Å². The number of nitrogens with one attached hydrogen (secondary N) is 2. The van der Waals surface area contributed by atoms with Crippen LogP contribution in [0.2, 0.25) is 5.02 Å². The number of hydrogen-bond acceptors (Lipinski definition) is 7. The molecule has 2 amide bonds. The number of β-amino-alcohol motifs (C(OH)–C–C–N with tert-alkyl or cyclic N) is 1. The predicted octanol–water partition coefficient (Wildman–Crippen LogP) is 1.84. The normalized spacial score (nSPS) is 20.9. The van der Waals surface area contributed by atoms with E-state index in [2.05, 4.69) is 20.4 Å². The molecule has 2 heterocycles. The van der Waals surface area contributed by atoms with Crippen LogP contribution in [0.4, 0.5) is 0 Å². The van der Waals surface area contributed by atoms with Gasteiger partial charge < -0.3 is 15.3 Å². The minimum atomic E-state index is -3.78. The van der Waals surface area contributed by atoms with Crippen molar-refractivity contribution in [3.8, 4) is 0 Å². The van der Waals surface area contributed by atoms with Crippen LogP contribution in [0.25, 0.3) is 0 Å². The first-order valence-electron chi connectivity index (χ1n) is 12.8. The summed E-state index contributed by atoms with van der Waals surface area (Å²) in [4.78, 5) is 28.2. The van der Waals surface area contributed by atoms with Crippen molar-refractivity contribution >= 4 is 33.4 Å². The number of benzene rings is 1. The Labute approximate surface area is 228 Å². The van der Waals surface area contributed by atoms with Gasteiger partial charge in [-0.3, -0.25) is 9.59 Å². The smallest absolute Gasteiger partial charge is 0.248 e. The summed E-state index contributed by atoms with van der Waals surface area (Å²) in [5, 5.41) is 21.7. The Morgan fingerprint density at radius 3 is 2.58 bits per heavy atom. The maximum Gasteiger partial charge on any atom is 0.248 e. The monoisotopic (exact) mass is 566 g/mol. The van der Waals surface area contributed by atoms with Gasteiger partial charge >= 0.3 is 0 Å². The number of amides is 2. The van der Waals surface area contributed by atoms with E-state index in [-0.39, 0.29) is 41.9 Å². The zero-order valence-electron chi connectivity index (χ0n) is 21.8. The first kappa shape index (κ1) is 28.5. The molecule has 1 saturated carbocycles. The topological polar surface area (TPSA) is 147 Å². The van der Waals surface area contributed by atoms with Crippen molar-refractivity contribution in [3.05, 3.63) is 41.2 Å². The molecule has 0 bridgehead atoms. The summed E-state index contributed by atoms with van der Waals surface area (Å²) in [6.45, 7) is 6.11. The second-order valence-corrected chi connectivity index (χ2v) is 13.2. The molecular formula is C25H35ClN6O5S. The lowest BCUT2D eigenvalue weighted by atomic mass is 9.85. The van der Waals surface area contributed by atoms with E-state index >= 15 is 0 Å². The lowest BCUT2D eigenvalue weighted by Gasteiger charge is -2.34. The average molecular weight is 567 g/mol. The fraction of sp³-hybridized carbons (Fsp3) is 0.600. The van der Waals surface area contributed by atoms with Crippen molar-refractivity contribution in [2.45, 2.75) is 75.5 Å². The van der Waals surface area contributed by atoms with Gasteiger partial charge in [-0.2, -0.15) is 0 Å².